The summed E-state index contributed by atoms with van der Waals surface area (Å²) >= 11 is 0. The Bertz CT molecular complexity index is 543. The third-order valence-corrected chi connectivity index (χ3v) is 4.74. The molecule has 0 bridgehead atoms. The highest BCUT2D eigenvalue weighted by Gasteiger charge is 2.35. The van der Waals surface area contributed by atoms with Crippen LogP contribution in [0.5, 0.6) is 0 Å². The lowest BCUT2D eigenvalue weighted by molar-refractivity contribution is -0.0839. The van der Waals surface area contributed by atoms with Crippen molar-refractivity contribution in [1.82, 2.24) is 15.4 Å². The number of aryl methyl sites for hydroxylation is 2. The van der Waals surface area contributed by atoms with Crippen LogP contribution in [-0.2, 0) is 11.3 Å². The molecule has 0 radical (unpaired) electrons. The molecule has 2 atom stereocenters. The number of hydrogen-bond donors (Lipinski definition) is 1. The van der Waals surface area contributed by atoms with Gasteiger partial charge < -0.3 is 19.5 Å². The molecule has 0 aromatic carbocycles. The van der Waals surface area contributed by atoms with Crippen LogP contribution >= 0.6 is 0 Å². The number of rotatable bonds is 4. The minimum absolute atomic E-state index is 0.0757. The monoisotopic (exact) mass is 337 g/mol. The van der Waals surface area contributed by atoms with Crippen molar-refractivity contribution in [3.8, 4) is 0 Å². The topological polar surface area (TPSA) is 67.6 Å². The summed E-state index contributed by atoms with van der Waals surface area (Å²) in [7, 11) is 1.79. The van der Waals surface area contributed by atoms with Crippen molar-refractivity contribution in [3.05, 3.63) is 17.0 Å². The minimum Gasteiger partial charge on any atom is -0.377 e. The summed E-state index contributed by atoms with van der Waals surface area (Å²) in [6.07, 6.45) is 2.33. The molecule has 0 aliphatic carbocycles. The molecule has 0 spiro atoms. The molecule has 2 heterocycles. The van der Waals surface area contributed by atoms with Crippen LogP contribution < -0.4 is 5.32 Å². The van der Waals surface area contributed by atoms with Crippen molar-refractivity contribution in [2.24, 2.45) is 11.3 Å². The van der Waals surface area contributed by atoms with E-state index < -0.39 is 0 Å². The van der Waals surface area contributed by atoms with E-state index in [4.69, 9.17) is 9.26 Å². The molecule has 1 aromatic heterocycles. The summed E-state index contributed by atoms with van der Waals surface area (Å²) in [4.78, 5) is 14.1. The van der Waals surface area contributed by atoms with E-state index >= 15 is 0 Å². The summed E-state index contributed by atoms with van der Waals surface area (Å²) in [6.45, 7) is 12.3. The van der Waals surface area contributed by atoms with Gasteiger partial charge in [-0.05, 0) is 32.1 Å². The van der Waals surface area contributed by atoms with Crippen LogP contribution in [0.4, 0.5) is 4.79 Å². The minimum atomic E-state index is -0.0757. The highest BCUT2D eigenvalue weighted by Crippen LogP contribution is 2.33. The van der Waals surface area contributed by atoms with Gasteiger partial charge in [-0.3, -0.25) is 0 Å². The van der Waals surface area contributed by atoms with Crippen molar-refractivity contribution >= 4 is 6.03 Å². The van der Waals surface area contributed by atoms with E-state index in [-0.39, 0.29) is 17.6 Å². The van der Waals surface area contributed by atoms with Gasteiger partial charge in [0.2, 0.25) is 0 Å². The molecule has 1 saturated heterocycles. The Morgan fingerprint density at radius 2 is 2.08 bits per heavy atom. The number of nitrogens with one attached hydrogen (secondary N) is 1. The van der Waals surface area contributed by atoms with Crippen molar-refractivity contribution < 1.29 is 14.1 Å². The number of carbonyl (C=O) groups excluding carboxylic acids is 1. The normalized spacial score (nSPS) is 21.6. The number of amides is 2. The second kappa shape index (κ2) is 7.55. The zero-order chi connectivity index (χ0) is 17.9. The van der Waals surface area contributed by atoms with Gasteiger partial charge in [-0.15, -0.1) is 0 Å². The first-order valence-corrected chi connectivity index (χ1v) is 8.72. The standard InChI is InChI=1S/C18H31N3O3/c1-12-15(13(2)24-20-12)11-21(6)17(22)19-10-14-8-7-9-23-16(14)18(3,4)5/h14,16H,7-11H2,1-6H3,(H,19,22). The van der Waals surface area contributed by atoms with Gasteiger partial charge in [0.25, 0.3) is 0 Å². The first-order valence-electron chi connectivity index (χ1n) is 8.72. The Hall–Kier alpha value is -1.56. The third-order valence-electron chi connectivity index (χ3n) is 4.74. The van der Waals surface area contributed by atoms with E-state index in [1.165, 1.54) is 0 Å². The maximum atomic E-state index is 12.4. The lowest BCUT2D eigenvalue weighted by atomic mass is 9.78. The Morgan fingerprint density at radius 1 is 1.38 bits per heavy atom. The maximum Gasteiger partial charge on any atom is 0.317 e. The average Bonchev–Trinajstić information content (AvgIpc) is 2.83. The second-order valence-corrected chi connectivity index (χ2v) is 7.90. The molecule has 0 saturated carbocycles. The quantitative estimate of drug-likeness (QED) is 0.915. The lowest BCUT2D eigenvalue weighted by Gasteiger charge is -2.40. The highest BCUT2D eigenvalue weighted by atomic mass is 16.5. The number of urea groups is 1. The van der Waals surface area contributed by atoms with Crippen molar-refractivity contribution in [2.75, 3.05) is 20.2 Å². The van der Waals surface area contributed by atoms with E-state index in [1.54, 1.807) is 11.9 Å². The van der Waals surface area contributed by atoms with Gasteiger partial charge in [-0.1, -0.05) is 25.9 Å². The number of nitrogens with zero attached hydrogens (tertiary/aromatic N) is 2. The Balaban J connectivity index is 1.89. The van der Waals surface area contributed by atoms with Crippen LogP contribution in [0.15, 0.2) is 4.52 Å². The van der Waals surface area contributed by atoms with E-state index in [2.05, 4.69) is 31.2 Å². The molecule has 6 heteroatoms. The molecule has 24 heavy (non-hydrogen) atoms. The smallest absolute Gasteiger partial charge is 0.317 e. The fourth-order valence-electron chi connectivity index (χ4n) is 3.40. The van der Waals surface area contributed by atoms with Gasteiger partial charge in [0.15, 0.2) is 0 Å². The first kappa shape index (κ1) is 18.8. The van der Waals surface area contributed by atoms with Crippen molar-refractivity contribution in [2.45, 2.75) is 60.1 Å². The lowest BCUT2D eigenvalue weighted by Crippen LogP contribution is -2.47. The molecular formula is C18H31N3O3. The largest absolute Gasteiger partial charge is 0.377 e. The Morgan fingerprint density at radius 3 is 2.67 bits per heavy atom. The van der Waals surface area contributed by atoms with Crippen LogP contribution in [0.1, 0.15) is 50.6 Å². The van der Waals surface area contributed by atoms with E-state index in [1.807, 2.05) is 13.8 Å². The van der Waals surface area contributed by atoms with Crippen LogP contribution in [0.2, 0.25) is 0 Å². The molecule has 6 nitrogen and oxygen atoms in total. The molecule has 2 unspecified atom stereocenters. The van der Waals surface area contributed by atoms with Crippen molar-refractivity contribution in [1.29, 1.82) is 0 Å². The molecular weight excluding hydrogens is 306 g/mol. The summed E-state index contributed by atoms with van der Waals surface area (Å²) in [5.74, 6) is 1.12. The predicted molar refractivity (Wildman–Crippen MR) is 92.8 cm³/mol. The van der Waals surface area contributed by atoms with Crippen LogP contribution in [-0.4, -0.2) is 42.4 Å². The molecule has 1 fully saturated rings. The van der Waals surface area contributed by atoms with Crippen LogP contribution in [0, 0.1) is 25.2 Å². The van der Waals surface area contributed by atoms with E-state index in [0.29, 0.717) is 19.0 Å². The first-order chi connectivity index (χ1) is 11.2. The Labute approximate surface area is 144 Å². The van der Waals surface area contributed by atoms with Gasteiger partial charge >= 0.3 is 6.03 Å². The fraction of sp³-hybridized carbons (Fsp3) is 0.778. The van der Waals surface area contributed by atoms with E-state index in [9.17, 15) is 4.79 Å². The summed E-state index contributed by atoms with van der Waals surface area (Å²) in [5, 5.41) is 7.00. The maximum absolute atomic E-state index is 12.4. The zero-order valence-electron chi connectivity index (χ0n) is 15.8. The highest BCUT2D eigenvalue weighted by molar-refractivity contribution is 5.73. The van der Waals surface area contributed by atoms with E-state index in [0.717, 1.165) is 36.5 Å². The molecule has 1 aromatic rings. The van der Waals surface area contributed by atoms with Gasteiger partial charge in [0.05, 0.1) is 18.3 Å². The number of ether oxygens (including phenoxy) is 1. The zero-order valence-corrected chi connectivity index (χ0v) is 15.8. The van der Waals surface area contributed by atoms with Crippen molar-refractivity contribution in [3.63, 3.8) is 0 Å². The SMILES string of the molecule is Cc1noc(C)c1CN(C)C(=O)NCC1CCCOC1C(C)(C)C. The number of carbonyl (C=O) groups is 1. The third kappa shape index (κ3) is 4.50. The average molecular weight is 337 g/mol. The molecule has 136 valence electrons. The molecule has 2 rings (SSSR count). The number of aromatic nitrogens is 1. The van der Waals surface area contributed by atoms with Gasteiger partial charge in [0, 0.05) is 31.7 Å². The fourth-order valence-corrected chi connectivity index (χ4v) is 3.40. The molecule has 1 aliphatic rings. The summed E-state index contributed by atoms with van der Waals surface area (Å²) in [6, 6.07) is -0.0757. The molecule has 1 N–H and O–H groups in total. The van der Waals surface area contributed by atoms with Gasteiger partial charge in [-0.2, -0.15) is 0 Å². The molecule has 1 aliphatic heterocycles. The Kier molecular flexibility index (Phi) is 5.91. The van der Waals surface area contributed by atoms with Crippen LogP contribution in [0.3, 0.4) is 0 Å². The number of hydrogen-bond acceptors (Lipinski definition) is 4. The second-order valence-electron chi connectivity index (χ2n) is 7.90. The summed E-state index contributed by atoms with van der Waals surface area (Å²) < 4.78 is 11.1. The van der Waals surface area contributed by atoms with Crippen LogP contribution in [0.25, 0.3) is 0 Å². The van der Waals surface area contributed by atoms with Gasteiger partial charge in [-0.25, -0.2) is 4.79 Å². The van der Waals surface area contributed by atoms with Gasteiger partial charge in [0.1, 0.15) is 5.76 Å². The predicted octanol–water partition coefficient (Wildman–Crippen LogP) is 3.27. The summed E-state index contributed by atoms with van der Waals surface area (Å²) in [5.41, 5.74) is 1.89. The molecule has 2 amide bonds.